The van der Waals surface area contributed by atoms with Crippen LogP contribution in [0, 0.1) is 0 Å². The van der Waals surface area contributed by atoms with E-state index in [4.69, 9.17) is 15.0 Å². The molecule has 3 heterocycles. The first-order chi connectivity index (χ1) is 9.61. The standard InChI is InChI=1S/C11H14N4O4S/c12-20(18)11-6-1-2-15(10(6)13-5-14-11)9-3-7(17)8(4-16)19-9/h1-2,5,7-9,16-17H,3-4,12H2/t7-,8+,9+,20?/m0/s1. The van der Waals surface area contributed by atoms with E-state index in [-0.39, 0.29) is 11.6 Å². The summed E-state index contributed by atoms with van der Waals surface area (Å²) in [7, 11) is 0. The van der Waals surface area contributed by atoms with Gasteiger partial charge in [0, 0.05) is 12.6 Å². The van der Waals surface area contributed by atoms with Gasteiger partial charge in [-0.15, -0.1) is 5.14 Å². The van der Waals surface area contributed by atoms with Gasteiger partial charge in [0.15, 0.2) is 5.65 Å². The third-order valence-electron chi connectivity index (χ3n) is 3.36. The molecule has 0 aromatic carbocycles. The lowest BCUT2D eigenvalue weighted by atomic mass is 10.2. The lowest BCUT2D eigenvalue weighted by Gasteiger charge is -2.14. The van der Waals surface area contributed by atoms with Crippen LogP contribution < -0.4 is 5.14 Å². The third kappa shape index (κ3) is 2.18. The van der Waals surface area contributed by atoms with Crippen LogP contribution in [-0.4, -0.2) is 48.1 Å². The molecule has 1 aliphatic heterocycles. The molecule has 0 radical (unpaired) electrons. The number of hydrogen-bond acceptors (Lipinski definition) is 7. The molecule has 0 aliphatic carbocycles. The predicted molar refractivity (Wildman–Crippen MR) is 69.7 cm³/mol. The Kier molecular flexibility index (Phi) is 3.63. The summed E-state index contributed by atoms with van der Waals surface area (Å²) < 4.78 is 18.7. The second-order valence-electron chi connectivity index (χ2n) is 4.55. The van der Waals surface area contributed by atoms with E-state index < -0.39 is 29.8 Å². The molecule has 4 atom stereocenters. The summed E-state index contributed by atoms with van der Waals surface area (Å²) >= 11 is -1.70. The molecule has 9 heteroatoms. The van der Waals surface area contributed by atoms with Crippen molar-refractivity contribution in [2.24, 2.45) is 5.14 Å². The summed E-state index contributed by atoms with van der Waals surface area (Å²) in [5, 5.41) is 25.1. The highest BCUT2D eigenvalue weighted by molar-refractivity contribution is 7.89. The van der Waals surface area contributed by atoms with Crippen molar-refractivity contribution in [3.8, 4) is 0 Å². The average molecular weight is 298 g/mol. The number of hydrogen-bond donors (Lipinski definition) is 3. The number of ether oxygens (including phenoxy) is 1. The van der Waals surface area contributed by atoms with E-state index in [0.29, 0.717) is 17.5 Å². The van der Waals surface area contributed by atoms with Crippen molar-refractivity contribution in [1.29, 1.82) is 0 Å². The molecule has 0 amide bonds. The minimum Gasteiger partial charge on any atom is -0.592 e. The van der Waals surface area contributed by atoms with E-state index in [2.05, 4.69) is 9.97 Å². The fourth-order valence-corrected chi connectivity index (χ4v) is 2.92. The highest BCUT2D eigenvalue weighted by Gasteiger charge is 2.35. The Morgan fingerprint density at radius 2 is 2.35 bits per heavy atom. The maximum absolute atomic E-state index is 11.4. The normalized spacial score (nSPS) is 28.1. The van der Waals surface area contributed by atoms with Crippen molar-refractivity contribution >= 4 is 22.4 Å². The molecule has 2 aromatic heterocycles. The lowest BCUT2D eigenvalue weighted by Crippen LogP contribution is -2.24. The molecule has 3 rings (SSSR count). The van der Waals surface area contributed by atoms with Crippen LogP contribution in [0.5, 0.6) is 0 Å². The van der Waals surface area contributed by atoms with Gasteiger partial charge in [0.1, 0.15) is 18.7 Å². The smallest absolute Gasteiger partial charge is 0.278 e. The van der Waals surface area contributed by atoms with Crippen molar-refractivity contribution in [3.63, 3.8) is 0 Å². The van der Waals surface area contributed by atoms with Gasteiger partial charge in [-0.05, 0) is 6.07 Å². The van der Waals surface area contributed by atoms with E-state index in [9.17, 15) is 9.66 Å². The number of rotatable bonds is 3. The molecule has 1 fully saturated rings. The molecule has 1 unspecified atom stereocenters. The quantitative estimate of drug-likeness (QED) is 0.492. The molecule has 8 nitrogen and oxygen atoms in total. The summed E-state index contributed by atoms with van der Waals surface area (Å²) in [6.45, 7) is -0.246. The summed E-state index contributed by atoms with van der Waals surface area (Å²) in [5.41, 5.74) is 0.532. The van der Waals surface area contributed by atoms with Gasteiger partial charge in [0.25, 0.3) is 5.03 Å². The van der Waals surface area contributed by atoms with Crippen LogP contribution in [0.3, 0.4) is 0 Å². The van der Waals surface area contributed by atoms with Crippen molar-refractivity contribution in [2.45, 2.75) is 29.9 Å². The molecule has 0 spiro atoms. The summed E-state index contributed by atoms with van der Waals surface area (Å²) in [6, 6.07) is 1.71. The Hall–Kier alpha value is -1.23. The molecule has 4 N–H and O–H groups in total. The molecule has 2 aromatic rings. The van der Waals surface area contributed by atoms with E-state index in [0.717, 1.165) is 0 Å². The maximum Gasteiger partial charge on any atom is 0.278 e. The molecule has 20 heavy (non-hydrogen) atoms. The van der Waals surface area contributed by atoms with Gasteiger partial charge in [-0.25, -0.2) is 4.98 Å². The van der Waals surface area contributed by atoms with Gasteiger partial charge in [0.2, 0.25) is 0 Å². The molecule has 1 aliphatic rings. The maximum atomic E-state index is 11.4. The van der Waals surface area contributed by atoms with E-state index in [1.54, 1.807) is 16.8 Å². The number of fused-ring (bicyclic) bond motifs is 1. The van der Waals surface area contributed by atoms with Gasteiger partial charge in [-0.3, -0.25) is 0 Å². The van der Waals surface area contributed by atoms with Gasteiger partial charge < -0.3 is 24.1 Å². The summed E-state index contributed by atoms with van der Waals surface area (Å²) in [6.07, 6.45) is 1.57. The van der Waals surface area contributed by atoms with Crippen molar-refractivity contribution in [1.82, 2.24) is 14.5 Å². The second-order valence-corrected chi connectivity index (χ2v) is 5.53. The fraction of sp³-hybridized carbons (Fsp3) is 0.455. The average Bonchev–Trinajstić information content (AvgIpc) is 3.01. The number of aromatic nitrogens is 3. The summed E-state index contributed by atoms with van der Waals surface area (Å²) in [5.74, 6) is 0. The van der Waals surface area contributed by atoms with Gasteiger partial charge in [-0.2, -0.15) is 4.98 Å². The molecule has 0 bridgehead atoms. The topological polar surface area (TPSA) is 129 Å². The van der Waals surface area contributed by atoms with E-state index >= 15 is 0 Å². The van der Waals surface area contributed by atoms with Crippen molar-refractivity contribution in [3.05, 3.63) is 18.6 Å². The van der Waals surface area contributed by atoms with Crippen molar-refractivity contribution in [2.75, 3.05) is 6.61 Å². The predicted octanol–water partition coefficient (Wildman–Crippen LogP) is -0.947. The minimum absolute atomic E-state index is 0.246. The number of nitrogens with two attached hydrogens (primary N) is 1. The third-order valence-corrected chi connectivity index (χ3v) is 4.06. The van der Waals surface area contributed by atoms with Crippen molar-refractivity contribution < 1.29 is 19.5 Å². The number of aliphatic hydroxyl groups is 2. The fourth-order valence-electron chi connectivity index (χ4n) is 2.39. The Labute approximate surface area is 117 Å². The molecule has 0 saturated carbocycles. The Morgan fingerprint density at radius 3 is 3.00 bits per heavy atom. The SMILES string of the molecule is N[S+]([O-])c1ncnc2c1ccn2[C@H]1C[C@H](O)[C@@H](CO)O1. The van der Waals surface area contributed by atoms with Gasteiger partial charge in [0.05, 0.1) is 29.5 Å². The Bertz CT molecular complexity index is 619. The Morgan fingerprint density at radius 1 is 1.55 bits per heavy atom. The number of nitrogens with zero attached hydrogens (tertiary/aromatic N) is 3. The monoisotopic (exact) mass is 298 g/mol. The summed E-state index contributed by atoms with van der Waals surface area (Å²) in [4.78, 5) is 8.06. The van der Waals surface area contributed by atoms with E-state index in [1.807, 2.05) is 0 Å². The highest BCUT2D eigenvalue weighted by atomic mass is 32.2. The largest absolute Gasteiger partial charge is 0.592 e. The first-order valence-electron chi connectivity index (χ1n) is 6.04. The van der Waals surface area contributed by atoms with Crippen LogP contribution >= 0.6 is 0 Å². The van der Waals surface area contributed by atoms with Crippen LogP contribution in [0.15, 0.2) is 23.6 Å². The van der Waals surface area contributed by atoms with Gasteiger partial charge >= 0.3 is 0 Å². The first kappa shape index (κ1) is 13.7. The van der Waals surface area contributed by atoms with Crippen LogP contribution in [0.4, 0.5) is 0 Å². The zero-order valence-electron chi connectivity index (χ0n) is 10.4. The van der Waals surface area contributed by atoms with Gasteiger partial charge in [-0.1, -0.05) is 0 Å². The van der Waals surface area contributed by atoms with Crippen LogP contribution in [0.25, 0.3) is 11.0 Å². The highest BCUT2D eigenvalue weighted by Crippen LogP contribution is 2.32. The van der Waals surface area contributed by atoms with Crippen LogP contribution in [0.2, 0.25) is 0 Å². The Balaban J connectivity index is 2.00. The zero-order chi connectivity index (χ0) is 14.3. The minimum atomic E-state index is -1.70. The lowest BCUT2D eigenvalue weighted by molar-refractivity contribution is -0.0430. The van der Waals surface area contributed by atoms with E-state index in [1.165, 1.54) is 6.33 Å². The van der Waals surface area contributed by atoms with Crippen LogP contribution in [-0.2, 0) is 16.1 Å². The molecule has 1 saturated heterocycles. The second kappa shape index (κ2) is 5.28. The number of aliphatic hydroxyl groups excluding tert-OH is 2. The first-order valence-corrected chi connectivity index (χ1v) is 7.25. The molecule has 108 valence electrons. The molecular formula is C11H14N4O4S. The van der Waals surface area contributed by atoms with Crippen LogP contribution in [0.1, 0.15) is 12.6 Å². The zero-order valence-corrected chi connectivity index (χ0v) is 11.2. The molecular weight excluding hydrogens is 284 g/mol.